The molecule has 1 aliphatic heterocycles. The molecule has 11 heteroatoms. The van der Waals surface area contributed by atoms with Crippen LogP contribution >= 0.6 is 0 Å². The molecule has 0 aliphatic carbocycles. The third-order valence-electron chi connectivity index (χ3n) is 8.68. The molecule has 11 nitrogen and oxygen atoms in total. The molecule has 2 rings (SSSR count). The number of carbonyl (C=O) groups excluding carboxylic acids is 4. The van der Waals surface area contributed by atoms with Gasteiger partial charge in [0, 0.05) is 43.1 Å². The quantitative estimate of drug-likeness (QED) is 0.239. The third kappa shape index (κ3) is 13.1. The highest BCUT2D eigenvalue weighted by molar-refractivity contribution is 5.90. The molecule has 1 heterocycles. The number of methoxy groups -OCH3 is 2. The van der Waals surface area contributed by atoms with Crippen LogP contribution in [0, 0.1) is 17.8 Å². The Morgan fingerprint density at radius 3 is 2.40 bits per heavy atom. The lowest BCUT2D eigenvalue weighted by molar-refractivity contribution is -0.139. The van der Waals surface area contributed by atoms with Gasteiger partial charge in [-0.25, -0.2) is 0 Å². The van der Waals surface area contributed by atoms with E-state index >= 15 is 0 Å². The van der Waals surface area contributed by atoms with E-state index in [4.69, 9.17) is 9.47 Å². The smallest absolute Gasteiger partial charge is 0.251 e. The predicted molar refractivity (Wildman–Crippen MR) is 187 cm³/mol. The zero-order chi connectivity index (χ0) is 35.8. The zero-order valence-electron chi connectivity index (χ0n) is 30.3. The van der Waals surface area contributed by atoms with Crippen LogP contribution in [0.2, 0.25) is 0 Å². The van der Waals surface area contributed by atoms with Crippen molar-refractivity contribution >= 4 is 23.6 Å². The van der Waals surface area contributed by atoms with Gasteiger partial charge in [-0.2, -0.15) is 0 Å². The van der Waals surface area contributed by atoms with Crippen molar-refractivity contribution in [1.29, 1.82) is 0 Å². The van der Waals surface area contributed by atoms with Crippen LogP contribution in [0.25, 0.3) is 0 Å². The standard InChI is InChI=1S/C37H60N4O7/c1-9-15-26-16-13-11-10-12-14-17-27(37(46)41(6)23-28-18-19-29(47-7)22-32(28)48-8)21-30(33(42)36(45)38-25(4)5)39-35(44)31(20-24(2)3)40-34(26)43/h12,14,18-19,22,24-27,30-31,33,42H,9-11,13,15-17,20-21,23H2,1-8H3,(H,38,45)(H,39,44)(H,40,43)/b14-12+/t26?,27?,30?,31?,33-/m1/s1. The van der Waals surface area contributed by atoms with Crippen LogP contribution in [0.4, 0.5) is 0 Å². The topological polar surface area (TPSA) is 146 Å². The zero-order valence-corrected chi connectivity index (χ0v) is 30.3. The lowest BCUT2D eigenvalue weighted by Crippen LogP contribution is -2.57. The summed E-state index contributed by atoms with van der Waals surface area (Å²) in [6, 6.07) is 3.22. The van der Waals surface area contributed by atoms with Crippen LogP contribution in [-0.2, 0) is 25.7 Å². The van der Waals surface area contributed by atoms with Crippen LogP contribution in [0.5, 0.6) is 11.5 Å². The van der Waals surface area contributed by atoms with Crippen LogP contribution < -0.4 is 25.4 Å². The van der Waals surface area contributed by atoms with Crippen molar-refractivity contribution in [1.82, 2.24) is 20.9 Å². The summed E-state index contributed by atoms with van der Waals surface area (Å²) in [5.41, 5.74) is 0.785. The highest BCUT2D eigenvalue weighted by Gasteiger charge is 2.36. The second-order valence-electron chi connectivity index (χ2n) is 13.7. The third-order valence-corrected chi connectivity index (χ3v) is 8.68. The van der Waals surface area contributed by atoms with Crippen LogP contribution in [0.1, 0.15) is 98.0 Å². The number of ether oxygens (including phenoxy) is 2. The molecular weight excluding hydrogens is 612 g/mol. The number of rotatable bonds is 12. The molecule has 0 spiro atoms. The Kier molecular flexibility index (Phi) is 17.5. The number of amides is 4. The Morgan fingerprint density at radius 1 is 1.04 bits per heavy atom. The van der Waals surface area contributed by atoms with E-state index in [1.54, 1.807) is 52.1 Å². The molecular formula is C37H60N4O7. The molecule has 4 amide bonds. The number of hydrogen-bond donors (Lipinski definition) is 4. The van der Waals surface area contributed by atoms with Gasteiger partial charge in [0.05, 0.1) is 20.3 Å². The summed E-state index contributed by atoms with van der Waals surface area (Å²) in [6.45, 7) is 9.80. The number of allylic oxidation sites excluding steroid dienone is 2. The summed E-state index contributed by atoms with van der Waals surface area (Å²) >= 11 is 0. The lowest BCUT2D eigenvalue weighted by Gasteiger charge is -2.31. The van der Waals surface area contributed by atoms with Gasteiger partial charge in [-0.15, -0.1) is 0 Å². The van der Waals surface area contributed by atoms with Gasteiger partial charge in [-0.05, 0) is 76.8 Å². The van der Waals surface area contributed by atoms with Crippen molar-refractivity contribution in [2.75, 3.05) is 21.3 Å². The summed E-state index contributed by atoms with van der Waals surface area (Å²) < 4.78 is 10.9. The van der Waals surface area contributed by atoms with E-state index in [1.807, 2.05) is 39.0 Å². The number of aliphatic hydroxyl groups is 1. The number of benzene rings is 1. The fraction of sp³-hybridized carbons (Fsp3) is 0.676. The first kappa shape index (κ1) is 40.6. The second-order valence-corrected chi connectivity index (χ2v) is 13.7. The van der Waals surface area contributed by atoms with Gasteiger partial charge < -0.3 is 35.4 Å². The van der Waals surface area contributed by atoms with E-state index < -0.39 is 35.9 Å². The Balaban J connectivity index is 2.49. The molecule has 48 heavy (non-hydrogen) atoms. The van der Waals surface area contributed by atoms with E-state index in [0.717, 1.165) is 44.1 Å². The SMILES string of the molecule is CCCC1CCCC/C=C/CC(C(=O)N(C)Cc2ccc(OC)cc2OC)CC([C@@H](O)C(=O)NC(C)C)NC(=O)C(CC(C)C)NC1=O. The average Bonchev–Trinajstić information content (AvgIpc) is 3.04. The predicted octanol–water partition coefficient (Wildman–Crippen LogP) is 4.51. The maximum atomic E-state index is 14.1. The Labute approximate surface area is 287 Å². The molecule has 1 aromatic rings. The molecule has 0 aromatic heterocycles. The molecule has 1 aliphatic rings. The van der Waals surface area contributed by atoms with Gasteiger partial charge in [0.2, 0.25) is 17.7 Å². The van der Waals surface area contributed by atoms with Crippen molar-refractivity contribution in [2.45, 2.75) is 123 Å². The van der Waals surface area contributed by atoms with Crippen molar-refractivity contribution < 1.29 is 33.8 Å². The largest absolute Gasteiger partial charge is 0.497 e. The summed E-state index contributed by atoms with van der Waals surface area (Å²) in [5.74, 6) is -1.05. The minimum atomic E-state index is -1.62. The van der Waals surface area contributed by atoms with Crippen LogP contribution in [0.3, 0.4) is 0 Å². The average molecular weight is 673 g/mol. The summed E-state index contributed by atoms with van der Waals surface area (Å²) in [6.07, 6.45) is 8.02. The highest BCUT2D eigenvalue weighted by Crippen LogP contribution is 2.27. The molecule has 0 saturated carbocycles. The number of carbonyl (C=O) groups is 4. The highest BCUT2D eigenvalue weighted by atomic mass is 16.5. The fourth-order valence-electron chi connectivity index (χ4n) is 6.11. The number of hydrogen-bond acceptors (Lipinski definition) is 7. The first-order valence-electron chi connectivity index (χ1n) is 17.5. The molecule has 1 aromatic carbocycles. The van der Waals surface area contributed by atoms with E-state index in [0.29, 0.717) is 24.3 Å². The van der Waals surface area contributed by atoms with Gasteiger partial charge in [0.15, 0.2) is 6.10 Å². The molecule has 5 atom stereocenters. The summed E-state index contributed by atoms with van der Waals surface area (Å²) in [7, 11) is 4.83. The van der Waals surface area contributed by atoms with E-state index in [9.17, 15) is 24.3 Å². The molecule has 4 unspecified atom stereocenters. The Hall–Kier alpha value is -3.60. The van der Waals surface area contributed by atoms with Crippen molar-refractivity contribution in [3.05, 3.63) is 35.9 Å². The Morgan fingerprint density at radius 2 is 1.77 bits per heavy atom. The second kappa shape index (κ2) is 20.7. The van der Waals surface area contributed by atoms with E-state index in [-0.39, 0.29) is 42.7 Å². The molecule has 0 bridgehead atoms. The first-order chi connectivity index (χ1) is 22.8. The monoisotopic (exact) mass is 672 g/mol. The van der Waals surface area contributed by atoms with Crippen LogP contribution in [-0.4, -0.2) is 79.1 Å². The van der Waals surface area contributed by atoms with Gasteiger partial charge >= 0.3 is 0 Å². The normalized spacial score (nSPS) is 22.7. The number of aliphatic hydroxyl groups excluding tert-OH is 1. The van der Waals surface area contributed by atoms with Gasteiger partial charge in [-0.3, -0.25) is 19.2 Å². The number of nitrogens with zero attached hydrogens (tertiary/aromatic N) is 1. The van der Waals surface area contributed by atoms with E-state index in [2.05, 4.69) is 16.0 Å². The van der Waals surface area contributed by atoms with Gasteiger partial charge in [-0.1, -0.05) is 45.8 Å². The van der Waals surface area contributed by atoms with Crippen LogP contribution in [0.15, 0.2) is 30.4 Å². The lowest BCUT2D eigenvalue weighted by atomic mass is 9.90. The maximum Gasteiger partial charge on any atom is 0.251 e. The van der Waals surface area contributed by atoms with Gasteiger partial charge in [0.25, 0.3) is 5.91 Å². The van der Waals surface area contributed by atoms with Crippen molar-refractivity contribution in [3.8, 4) is 11.5 Å². The molecule has 4 N–H and O–H groups in total. The fourth-order valence-corrected chi connectivity index (χ4v) is 6.11. The van der Waals surface area contributed by atoms with Gasteiger partial charge in [0.1, 0.15) is 17.5 Å². The molecule has 0 saturated heterocycles. The molecule has 270 valence electrons. The first-order valence-corrected chi connectivity index (χ1v) is 17.5. The van der Waals surface area contributed by atoms with E-state index in [1.165, 1.54) is 0 Å². The minimum absolute atomic E-state index is 0.00644. The summed E-state index contributed by atoms with van der Waals surface area (Å²) in [5, 5.41) is 19.9. The molecule has 0 radical (unpaired) electrons. The number of nitrogens with one attached hydrogen (secondary N) is 3. The maximum absolute atomic E-state index is 14.1. The van der Waals surface area contributed by atoms with Crippen molar-refractivity contribution in [2.24, 2.45) is 17.8 Å². The summed E-state index contributed by atoms with van der Waals surface area (Å²) in [4.78, 5) is 56.1. The molecule has 0 fully saturated rings. The van der Waals surface area contributed by atoms with Crippen molar-refractivity contribution in [3.63, 3.8) is 0 Å². The minimum Gasteiger partial charge on any atom is -0.497 e. The Bertz CT molecular complexity index is 1220.